The minimum absolute atomic E-state index is 0.0662. The molecule has 0 aliphatic heterocycles. The summed E-state index contributed by atoms with van der Waals surface area (Å²) in [5, 5.41) is 0. The van der Waals surface area contributed by atoms with Gasteiger partial charge in [-0.25, -0.2) is 14.4 Å². The average molecular weight is 553 g/mol. The van der Waals surface area contributed by atoms with Gasteiger partial charge in [0, 0.05) is 39.4 Å². The number of hydrogen-bond donors (Lipinski definition) is 0. The van der Waals surface area contributed by atoms with Crippen molar-refractivity contribution in [2.45, 2.75) is 0 Å². The molecule has 216 valence electrons. The van der Waals surface area contributed by atoms with Crippen molar-refractivity contribution in [1.82, 2.24) is 15.0 Å². The molecule has 0 fully saturated rings. The molecule has 1 aromatic heterocycles. The molecular weight excluding hydrogens is 516 g/mol. The van der Waals surface area contributed by atoms with E-state index >= 15 is 0 Å². The fraction of sp³-hybridized carbons (Fsp3) is 0.500. The lowest BCUT2D eigenvalue weighted by atomic mass is 10.6. The van der Waals surface area contributed by atoms with Gasteiger partial charge in [0.1, 0.15) is 40.0 Å². The summed E-state index contributed by atoms with van der Waals surface area (Å²) in [5.41, 5.74) is 0. The first-order valence-corrected chi connectivity index (χ1v) is 11.7. The first-order valence-electron chi connectivity index (χ1n) is 11.7. The number of hydrogen-bond acceptors (Lipinski definition) is 15. The van der Waals surface area contributed by atoms with E-state index in [1.54, 1.807) is 35.8 Å². The van der Waals surface area contributed by atoms with Crippen LogP contribution in [0.2, 0.25) is 0 Å². The van der Waals surface area contributed by atoms with E-state index in [0.717, 1.165) is 18.2 Å². The Kier molecular flexibility index (Phi) is 16.1. The summed E-state index contributed by atoms with van der Waals surface area (Å²) in [7, 11) is 5.15. The highest BCUT2D eigenvalue weighted by molar-refractivity contribution is 5.81. The quantitative estimate of drug-likeness (QED) is 0.0674. The second-order valence-electron chi connectivity index (χ2n) is 7.56. The average Bonchev–Trinajstić information content (AvgIpc) is 2.95. The maximum atomic E-state index is 11.1. The van der Waals surface area contributed by atoms with Crippen molar-refractivity contribution < 1.29 is 42.8 Å². The third-order valence-corrected chi connectivity index (χ3v) is 4.40. The Morgan fingerprint density at radius 2 is 0.821 bits per heavy atom. The smallest absolute Gasteiger partial charge is 0.330 e. The van der Waals surface area contributed by atoms with Gasteiger partial charge in [0.25, 0.3) is 0 Å². The summed E-state index contributed by atoms with van der Waals surface area (Å²) in [6.07, 6.45) is 3.21. The zero-order chi connectivity index (χ0) is 29.0. The molecule has 0 amide bonds. The van der Waals surface area contributed by atoms with Crippen LogP contribution in [0.25, 0.3) is 0 Å². The molecule has 0 aliphatic rings. The fourth-order valence-electron chi connectivity index (χ4n) is 2.41. The van der Waals surface area contributed by atoms with E-state index in [1.165, 1.54) is 0 Å². The third-order valence-electron chi connectivity index (χ3n) is 4.40. The van der Waals surface area contributed by atoms with Crippen molar-refractivity contribution in [1.29, 1.82) is 0 Å². The Morgan fingerprint density at radius 1 is 0.564 bits per heavy atom. The first kappa shape index (κ1) is 32.9. The van der Waals surface area contributed by atoms with Gasteiger partial charge < -0.3 is 43.1 Å². The molecule has 15 nitrogen and oxygen atoms in total. The molecule has 0 radical (unpaired) electrons. The highest BCUT2D eigenvalue weighted by Gasteiger charge is 2.16. The Labute approximate surface area is 227 Å². The molecule has 0 unspecified atom stereocenters. The van der Waals surface area contributed by atoms with Gasteiger partial charge in [-0.05, 0) is 0 Å². The molecular formula is C24H36N6O9. The van der Waals surface area contributed by atoms with Gasteiger partial charge in [-0.1, -0.05) is 19.7 Å². The number of aromatic nitrogens is 3. The van der Waals surface area contributed by atoms with Gasteiger partial charge in [0.15, 0.2) is 0 Å². The van der Waals surface area contributed by atoms with Crippen LogP contribution in [0.4, 0.5) is 17.8 Å². The maximum absolute atomic E-state index is 11.1. The molecule has 15 heteroatoms. The number of rotatable bonds is 21. The van der Waals surface area contributed by atoms with E-state index in [4.69, 9.17) is 28.4 Å². The van der Waals surface area contributed by atoms with Gasteiger partial charge in [-0.2, -0.15) is 15.0 Å². The number of esters is 3. The summed E-state index contributed by atoms with van der Waals surface area (Å²) < 4.78 is 31.2. The zero-order valence-corrected chi connectivity index (χ0v) is 22.6. The third kappa shape index (κ3) is 13.9. The molecule has 0 aliphatic carbocycles. The normalized spacial score (nSPS) is 10.2. The van der Waals surface area contributed by atoms with Crippen molar-refractivity contribution in [2.75, 3.05) is 95.7 Å². The topological polar surface area (TPSA) is 155 Å². The highest BCUT2D eigenvalue weighted by atomic mass is 16.6. The Morgan fingerprint density at radius 3 is 1.05 bits per heavy atom. The molecule has 1 rings (SSSR count). The number of nitrogens with zero attached hydrogens (tertiary/aromatic N) is 6. The second kappa shape index (κ2) is 19.1. The maximum Gasteiger partial charge on any atom is 0.330 e. The number of ether oxygens (including phenoxy) is 6. The van der Waals surface area contributed by atoms with Crippen molar-refractivity contribution >= 4 is 35.8 Å². The number of carbonyl (C=O) groups is 3. The van der Waals surface area contributed by atoms with E-state index in [-0.39, 0.29) is 77.7 Å². The van der Waals surface area contributed by atoms with Gasteiger partial charge in [0.05, 0.1) is 19.8 Å². The van der Waals surface area contributed by atoms with Crippen molar-refractivity contribution in [3.63, 3.8) is 0 Å². The van der Waals surface area contributed by atoms with Crippen molar-refractivity contribution in [3.05, 3.63) is 38.0 Å². The van der Waals surface area contributed by atoms with E-state index in [1.807, 2.05) is 0 Å². The zero-order valence-electron chi connectivity index (χ0n) is 22.6. The molecule has 0 spiro atoms. The summed E-state index contributed by atoms with van der Waals surface area (Å²) in [5.74, 6) is -0.740. The molecule has 0 N–H and O–H groups in total. The number of anilines is 3. The van der Waals surface area contributed by atoms with Crippen LogP contribution in [0, 0.1) is 0 Å². The Balaban J connectivity index is 2.82. The van der Waals surface area contributed by atoms with Crippen LogP contribution in [-0.4, -0.2) is 114 Å². The summed E-state index contributed by atoms with van der Waals surface area (Å²) in [6.45, 7) is 10.9. The summed E-state index contributed by atoms with van der Waals surface area (Å²) in [4.78, 5) is 51.7. The van der Waals surface area contributed by atoms with Crippen molar-refractivity contribution in [3.8, 4) is 0 Å². The van der Waals surface area contributed by atoms with Crippen LogP contribution in [-0.2, 0) is 42.8 Å². The fourth-order valence-corrected chi connectivity index (χ4v) is 2.41. The van der Waals surface area contributed by atoms with Gasteiger partial charge in [0.2, 0.25) is 17.8 Å². The van der Waals surface area contributed by atoms with Crippen LogP contribution in [0.3, 0.4) is 0 Å². The SMILES string of the molecule is C=CC(=O)OCCOCN(C)c1nc(N(C)COCCOC(=O)C=C)nc(N(C)COCCOC(=O)C=C)n1. The lowest BCUT2D eigenvalue weighted by Crippen LogP contribution is -2.31. The molecule has 0 atom stereocenters. The minimum atomic E-state index is -0.535. The first-order chi connectivity index (χ1) is 18.7. The van der Waals surface area contributed by atoms with Crippen LogP contribution < -0.4 is 14.7 Å². The molecule has 0 bridgehead atoms. The predicted octanol–water partition coefficient (Wildman–Crippen LogP) is 0.290. The summed E-state index contributed by atoms with van der Waals surface area (Å²) >= 11 is 0. The van der Waals surface area contributed by atoms with E-state index in [9.17, 15) is 14.4 Å². The van der Waals surface area contributed by atoms with Crippen LogP contribution in [0.1, 0.15) is 0 Å². The van der Waals surface area contributed by atoms with Crippen LogP contribution >= 0.6 is 0 Å². The van der Waals surface area contributed by atoms with Crippen LogP contribution in [0.15, 0.2) is 38.0 Å². The molecule has 0 aromatic carbocycles. The molecule has 1 aromatic rings. The molecule has 0 saturated carbocycles. The monoisotopic (exact) mass is 552 g/mol. The lowest BCUT2D eigenvalue weighted by molar-refractivity contribution is -0.140. The van der Waals surface area contributed by atoms with Crippen LogP contribution in [0.5, 0.6) is 0 Å². The molecule has 39 heavy (non-hydrogen) atoms. The van der Waals surface area contributed by atoms with E-state index in [2.05, 4.69) is 34.7 Å². The van der Waals surface area contributed by atoms with Gasteiger partial charge >= 0.3 is 17.9 Å². The Bertz CT molecular complexity index is 831. The lowest BCUT2D eigenvalue weighted by Gasteiger charge is -2.24. The number of carbonyl (C=O) groups excluding carboxylic acids is 3. The highest BCUT2D eigenvalue weighted by Crippen LogP contribution is 2.17. The van der Waals surface area contributed by atoms with Crippen molar-refractivity contribution in [2.24, 2.45) is 0 Å². The predicted molar refractivity (Wildman–Crippen MR) is 141 cm³/mol. The second-order valence-corrected chi connectivity index (χ2v) is 7.56. The summed E-state index contributed by atoms with van der Waals surface area (Å²) in [6, 6.07) is 0. The molecule has 1 heterocycles. The largest absolute Gasteiger partial charge is 0.460 e. The molecule has 0 saturated heterocycles. The van der Waals surface area contributed by atoms with E-state index < -0.39 is 17.9 Å². The minimum Gasteiger partial charge on any atom is -0.460 e. The standard InChI is InChI=1S/C24H36N6O9/c1-7-19(31)37-13-10-34-16-28(4)22-25-23(29(5)17-35-11-14-38-20(32)8-2)27-24(26-22)30(6)18-36-12-15-39-21(33)9-3/h7-9H,1-3,10-18H2,4-6H3. The van der Waals surface area contributed by atoms with Gasteiger partial charge in [-0.3, -0.25) is 0 Å². The Hall–Kier alpha value is -4.08. The van der Waals surface area contributed by atoms with Gasteiger partial charge in [-0.15, -0.1) is 0 Å². The van der Waals surface area contributed by atoms with E-state index in [0.29, 0.717) is 0 Å².